The molecule has 0 saturated heterocycles. The molecule has 0 bridgehead atoms. The van der Waals surface area contributed by atoms with Crippen molar-refractivity contribution in [3.63, 3.8) is 0 Å². The molecule has 0 aliphatic carbocycles. The van der Waals surface area contributed by atoms with Crippen LogP contribution < -0.4 is 9.46 Å². The zero-order valence-electron chi connectivity index (χ0n) is 17.7. The van der Waals surface area contributed by atoms with Crippen LogP contribution >= 0.6 is 0 Å². The number of rotatable bonds is 8. The van der Waals surface area contributed by atoms with Gasteiger partial charge in [-0.25, -0.2) is 17.9 Å². The molecular weight excluding hydrogens is 414 g/mol. The van der Waals surface area contributed by atoms with E-state index < -0.39 is 16.0 Å². The van der Waals surface area contributed by atoms with E-state index in [-0.39, 0.29) is 17.4 Å². The lowest BCUT2D eigenvalue weighted by Gasteiger charge is -2.20. The molecule has 0 aliphatic rings. The number of hydrogen-bond donors (Lipinski definition) is 1. The number of methoxy groups -OCH3 is 2. The molecule has 6 nitrogen and oxygen atoms in total. The Hall–Kier alpha value is -3.16. The SMILES string of the molecule is COC(=O)c1ccc([C@@H](CNS(=O)(=O)c2ccc(C)cc2)c2ccc(OC)cc2)cc1. The van der Waals surface area contributed by atoms with Gasteiger partial charge in [0.1, 0.15) is 5.75 Å². The fourth-order valence-electron chi connectivity index (χ4n) is 3.23. The summed E-state index contributed by atoms with van der Waals surface area (Å²) in [5, 5.41) is 0. The predicted molar refractivity (Wildman–Crippen MR) is 119 cm³/mol. The second-order valence-corrected chi connectivity index (χ2v) is 8.87. The van der Waals surface area contributed by atoms with Crippen LogP contribution in [0.1, 0.15) is 33.0 Å². The van der Waals surface area contributed by atoms with Crippen molar-refractivity contribution in [1.82, 2.24) is 4.72 Å². The first kappa shape index (κ1) is 22.5. The molecule has 3 aromatic carbocycles. The Morgan fingerprint density at radius 2 is 1.42 bits per heavy atom. The Morgan fingerprint density at radius 1 is 0.871 bits per heavy atom. The van der Waals surface area contributed by atoms with Crippen molar-refractivity contribution in [1.29, 1.82) is 0 Å². The third-order valence-electron chi connectivity index (χ3n) is 5.06. The van der Waals surface area contributed by atoms with Crippen LogP contribution in [0.2, 0.25) is 0 Å². The highest BCUT2D eigenvalue weighted by Gasteiger charge is 2.20. The van der Waals surface area contributed by atoms with Crippen molar-refractivity contribution in [2.45, 2.75) is 17.7 Å². The first-order chi connectivity index (χ1) is 14.8. The topological polar surface area (TPSA) is 81.7 Å². The molecule has 0 aliphatic heterocycles. The summed E-state index contributed by atoms with van der Waals surface area (Å²) >= 11 is 0. The first-order valence-electron chi connectivity index (χ1n) is 9.72. The number of hydrogen-bond acceptors (Lipinski definition) is 5. The van der Waals surface area contributed by atoms with E-state index in [0.717, 1.165) is 16.7 Å². The Morgan fingerprint density at radius 3 is 1.94 bits per heavy atom. The fraction of sp³-hybridized carbons (Fsp3) is 0.208. The molecule has 3 aromatic rings. The van der Waals surface area contributed by atoms with Crippen LogP contribution in [0.15, 0.2) is 77.7 Å². The lowest BCUT2D eigenvalue weighted by molar-refractivity contribution is 0.0600. The third-order valence-corrected chi connectivity index (χ3v) is 6.50. The van der Waals surface area contributed by atoms with Crippen molar-refractivity contribution in [2.75, 3.05) is 20.8 Å². The molecule has 0 fully saturated rings. The number of carbonyl (C=O) groups excluding carboxylic acids is 1. The van der Waals surface area contributed by atoms with Crippen molar-refractivity contribution < 1.29 is 22.7 Å². The average molecular weight is 440 g/mol. The van der Waals surface area contributed by atoms with E-state index in [0.29, 0.717) is 11.3 Å². The number of sulfonamides is 1. The van der Waals surface area contributed by atoms with Gasteiger partial charge in [0.2, 0.25) is 10.0 Å². The zero-order valence-corrected chi connectivity index (χ0v) is 18.5. The summed E-state index contributed by atoms with van der Waals surface area (Å²) in [6.07, 6.45) is 0. The van der Waals surface area contributed by atoms with Gasteiger partial charge in [-0.3, -0.25) is 0 Å². The molecule has 0 unspecified atom stereocenters. The van der Waals surface area contributed by atoms with Gasteiger partial charge in [0, 0.05) is 12.5 Å². The van der Waals surface area contributed by atoms with Gasteiger partial charge in [-0.1, -0.05) is 42.0 Å². The largest absolute Gasteiger partial charge is 0.497 e. The van der Waals surface area contributed by atoms with Crippen LogP contribution in [0.3, 0.4) is 0 Å². The van der Waals surface area contributed by atoms with Gasteiger partial charge >= 0.3 is 5.97 Å². The van der Waals surface area contributed by atoms with Gasteiger partial charge < -0.3 is 9.47 Å². The van der Waals surface area contributed by atoms with Gasteiger partial charge in [-0.15, -0.1) is 0 Å². The first-order valence-corrected chi connectivity index (χ1v) is 11.2. The van der Waals surface area contributed by atoms with Crippen molar-refractivity contribution in [2.24, 2.45) is 0 Å². The quantitative estimate of drug-likeness (QED) is 0.539. The highest BCUT2D eigenvalue weighted by atomic mass is 32.2. The normalized spacial score (nSPS) is 12.2. The van der Waals surface area contributed by atoms with E-state index in [1.165, 1.54) is 7.11 Å². The number of aryl methyl sites for hydroxylation is 1. The minimum Gasteiger partial charge on any atom is -0.497 e. The lowest BCUT2D eigenvalue weighted by atomic mass is 9.91. The molecule has 1 N–H and O–H groups in total. The standard InChI is InChI=1S/C24H25NO5S/c1-17-4-14-22(15-5-17)31(27,28)25-16-23(19-10-12-21(29-2)13-11-19)18-6-8-20(9-7-18)24(26)30-3/h4-15,23,25H,16H2,1-3H3/t23-/m1/s1. The summed E-state index contributed by atoms with van der Waals surface area (Å²) in [7, 11) is -0.755. The second-order valence-electron chi connectivity index (χ2n) is 7.10. The molecule has 3 rings (SSSR count). The molecule has 0 radical (unpaired) electrons. The van der Waals surface area contributed by atoms with Crippen LogP contribution in [0, 0.1) is 6.92 Å². The summed E-state index contributed by atoms with van der Waals surface area (Å²) in [6.45, 7) is 2.06. The molecule has 0 saturated carbocycles. The highest BCUT2D eigenvalue weighted by molar-refractivity contribution is 7.89. The van der Waals surface area contributed by atoms with E-state index >= 15 is 0 Å². The van der Waals surface area contributed by atoms with Crippen molar-refractivity contribution in [3.05, 3.63) is 95.1 Å². The number of nitrogens with one attached hydrogen (secondary N) is 1. The smallest absolute Gasteiger partial charge is 0.337 e. The molecule has 162 valence electrons. The van der Waals surface area contributed by atoms with Gasteiger partial charge in [0.05, 0.1) is 24.7 Å². The van der Waals surface area contributed by atoms with E-state index in [2.05, 4.69) is 4.72 Å². The zero-order chi connectivity index (χ0) is 22.4. The lowest BCUT2D eigenvalue weighted by Crippen LogP contribution is -2.29. The minimum atomic E-state index is -3.68. The molecule has 0 heterocycles. The average Bonchev–Trinajstić information content (AvgIpc) is 2.79. The minimum absolute atomic E-state index is 0.153. The Balaban J connectivity index is 1.90. The fourth-order valence-corrected chi connectivity index (χ4v) is 4.27. The van der Waals surface area contributed by atoms with E-state index in [1.807, 2.05) is 31.2 Å². The Labute approximate surface area is 182 Å². The maximum Gasteiger partial charge on any atom is 0.337 e. The van der Waals surface area contributed by atoms with Crippen LogP contribution in [0.5, 0.6) is 5.75 Å². The highest BCUT2D eigenvalue weighted by Crippen LogP contribution is 2.27. The summed E-state index contributed by atoms with van der Waals surface area (Å²) < 4.78 is 38.3. The molecule has 0 spiro atoms. The molecule has 7 heteroatoms. The van der Waals surface area contributed by atoms with Crippen molar-refractivity contribution in [3.8, 4) is 5.75 Å². The summed E-state index contributed by atoms with van der Waals surface area (Å²) in [6, 6.07) is 21.1. The van der Waals surface area contributed by atoms with E-state index in [9.17, 15) is 13.2 Å². The second kappa shape index (κ2) is 9.76. The van der Waals surface area contributed by atoms with Gasteiger partial charge in [-0.05, 0) is 54.4 Å². The van der Waals surface area contributed by atoms with E-state index in [4.69, 9.17) is 9.47 Å². The summed E-state index contributed by atoms with van der Waals surface area (Å²) in [4.78, 5) is 12.0. The van der Waals surface area contributed by atoms with E-state index in [1.54, 1.807) is 55.6 Å². The summed E-state index contributed by atoms with van der Waals surface area (Å²) in [5.74, 6) is 0.0224. The maximum atomic E-state index is 12.8. The molecule has 0 amide bonds. The number of esters is 1. The third kappa shape index (κ3) is 5.51. The predicted octanol–water partition coefficient (Wildman–Crippen LogP) is 3.90. The molecular formula is C24H25NO5S. The van der Waals surface area contributed by atoms with Crippen LogP contribution in [-0.2, 0) is 14.8 Å². The summed E-state index contributed by atoms with van der Waals surface area (Å²) in [5.41, 5.74) is 3.20. The van der Waals surface area contributed by atoms with Crippen LogP contribution in [0.25, 0.3) is 0 Å². The monoisotopic (exact) mass is 439 g/mol. The molecule has 1 atom stereocenters. The van der Waals surface area contributed by atoms with Gasteiger partial charge in [0.15, 0.2) is 0 Å². The number of carbonyl (C=O) groups is 1. The Kier molecular flexibility index (Phi) is 7.09. The molecule has 0 aromatic heterocycles. The number of ether oxygens (including phenoxy) is 2. The van der Waals surface area contributed by atoms with Crippen LogP contribution in [0.4, 0.5) is 0 Å². The van der Waals surface area contributed by atoms with Crippen LogP contribution in [-0.4, -0.2) is 35.2 Å². The van der Waals surface area contributed by atoms with Gasteiger partial charge in [-0.2, -0.15) is 0 Å². The Bertz CT molecular complexity index is 1120. The van der Waals surface area contributed by atoms with Gasteiger partial charge in [0.25, 0.3) is 0 Å². The van der Waals surface area contributed by atoms with Crippen molar-refractivity contribution >= 4 is 16.0 Å². The number of benzene rings is 3. The molecule has 31 heavy (non-hydrogen) atoms. The maximum absolute atomic E-state index is 12.8.